The predicted octanol–water partition coefficient (Wildman–Crippen LogP) is 5.28. The molecule has 11 heteroatoms. The first-order chi connectivity index (χ1) is 25.2. The van der Waals surface area contributed by atoms with Crippen LogP contribution in [0.4, 0.5) is 11.4 Å². The lowest BCUT2D eigenvalue weighted by molar-refractivity contribution is -0.148. The van der Waals surface area contributed by atoms with E-state index >= 15 is 0 Å². The number of fused-ring (bicyclic) bond motifs is 2. The summed E-state index contributed by atoms with van der Waals surface area (Å²) in [5.74, 6) is 0.105. The summed E-state index contributed by atoms with van der Waals surface area (Å²) in [7, 11) is 3.54. The van der Waals surface area contributed by atoms with Crippen molar-refractivity contribution in [3.05, 3.63) is 113 Å². The average molecular weight is 702 g/mol. The van der Waals surface area contributed by atoms with Gasteiger partial charge in [-0.05, 0) is 90.8 Å². The molecule has 3 amide bonds. The second-order valence-corrected chi connectivity index (χ2v) is 15.2. The number of rotatable bonds is 9. The van der Waals surface area contributed by atoms with E-state index in [9.17, 15) is 14.4 Å². The van der Waals surface area contributed by atoms with E-state index in [0.717, 1.165) is 56.0 Å². The largest absolute Gasteiger partial charge is 0.378 e. The standard InChI is InChI=1S/C41H47N7O4/c1-45(2)39(51)32-8-4-30(5-9-32)26-47-18-19-48-35(41(47)27-40(28-41)16-3-17-40)25-42-36(48)38(50)43-24-29-6-12-33(13-7-29)44-37(49)31-10-14-34(15-11-31)46-20-22-52-23-21-46/h4-15,25H,3,16-24,26-28H2,1-2H3,(H,43,50)(H,44,49). The number of amides is 3. The Kier molecular flexibility index (Phi) is 9.09. The number of hydrogen-bond acceptors (Lipinski definition) is 7. The van der Waals surface area contributed by atoms with Gasteiger partial charge in [0.15, 0.2) is 5.82 Å². The molecule has 1 saturated heterocycles. The number of hydrogen-bond donors (Lipinski definition) is 2. The third-order valence-electron chi connectivity index (χ3n) is 11.6. The number of anilines is 2. The maximum Gasteiger partial charge on any atom is 0.287 e. The van der Waals surface area contributed by atoms with Gasteiger partial charge in [-0.3, -0.25) is 19.3 Å². The van der Waals surface area contributed by atoms with Crippen LogP contribution < -0.4 is 15.5 Å². The van der Waals surface area contributed by atoms with Gasteiger partial charge in [-0.2, -0.15) is 0 Å². The molecule has 0 unspecified atom stereocenters. The molecular weight excluding hydrogens is 654 g/mol. The molecule has 2 aliphatic heterocycles. The van der Waals surface area contributed by atoms with Crippen molar-refractivity contribution in [2.24, 2.45) is 5.41 Å². The molecule has 2 spiro atoms. The van der Waals surface area contributed by atoms with Crippen molar-refractivity contribution in [3.63, 3.8) is 0 Å². The zero-order valence-electron chi connectivity index (χ0n) is 30.1. The minimum absolute atomic E-state index is 0.00418. The Morgan fingerprint density at radius 3 is 2.13 bits per heavy atom. The fourth-order valence-electron chi connectivity index (χ4n) is 8.65. The molecule has 4 aromatic rings. The Morgan fingerprint density at radius 1 is 0.808 bits per heavy atom. The number of carbonyl (C=O) groups is 3. The molecule has 0 radical (unpaired) electrons. The second kappa shape index (κ2) is 13.9. The summed E-state index contributed by atoms with van der Waals surface area (Å²) in [5.41, 5.74) is 6.58. The monoisotopic (exact) mass is 701 g/mol. The number of nitrogens with zero attached hydrogens (tertiary/aromatic N) is 5. The van der Waals surface area contributed by atoms with Gasteiger partial charge in [0, 0.05) is 75.9 Å². The number of morpholine rings is 1. The van der Waals surface area contributed by atoms with Gasteiger partial charge in [-0.25, -0.2) is 4.98 Å². The molecule has 0 bridgehead atoms. The van der Waals surface area contributed by atoms with Crippen molar-refractivity contribution < 1.29 is 19.1 Å². The highest BCUT2D eigenvalue weighted by molar-refractivity contribution is 6.04. The van der Waals surface area contributed by atoms with Crippen molar-refractivity contribution in [3.8, 4) is 0 Å². The smallest absolute Gasteiger partial charge is 0.287 e. The van der Waals surface area contributed by atoms with Crippen molar-refractivity contribution >= 4 is 29.1 Å². The molecule has 2 aliphatic carbocycles. The number of benzene rings is 3. The summed E-state index contributed by atoms with van der Waals surface area (Å²) < 4.78 is 7.58. The third kappa shape index (κ3) is 6.47. The summed E-state index contributed by atoms with van der Waals surface area (Å²) in [5, 5.41) is 6.05. The second-order valence-electron chi connectivity index (χ2n) is 15.2. The van der Waals surface area contributed by atoms with Crippen molar-refractivity contribution in [2.75, 3.05) is 57.2 Å². The molecule has 3 aromatic carbocycles. The molecule has 2 saturated carbocycles. The van der Waals surface area contributed by atoms with Crippen LogP contribution in [0.15, 0.2) is 79.0 Å². The normalized spacial score (nSPS) is 18.6. The van der Waals surface area contributed by atoms with E-state index in [2.05, 4.69) is 37.1 Å². The Hall–Kier alpha value is -5.00. The zero-order chi connectivity index (χ0) is 35.9. The first kappa shape index (κ1) is 34.1. The van der Waals surface area contributed by atoms with Gasteiger partial charge < -0.3 is 29.7 Å². The molecule has 270 valence electrons. The number of ether oxygens (including phenoxy) is 1. The van der Waals surface area contributed by atoms with E-state index in [-0.39, 0.29) is 23.3 Å². The highest BCUT2D eigenvalue weighted by Gasteiger charge is 2.62. The summed E-state index contributed by atoms with van der Waals surface area (Å²) in [6.45, 7) is 5.78. The zero-order valence-corrected chi connectivity index (χ0v) is 30.1. The van der Waals surface area contributed by atoms with Gasteiger partial charge in [0.1, 0.15) is 0 Å². The van der Waals surface area contributed by atoms with E-state index < -0.39 is 0 Å². The van der Waals surface area contributed by atoms with Crippen LogP contribution in [0.2, 0.25) is 0 Å². The van der Waals surface area contributed by atoms with Crippen LogP contribution in [0.5, 0.6) is 0 Å². The Labute approximate surface area is 304 Å². The van der Waals surface area contributed by atoms with Crippen molar-refractivity contribution in [1.82, 2.24) is 24.7 Å². The van der Waals surface area contributed by atoms with Gasteiger partial charge in [-0.15, -0.1) is 0 Å². The number of aromatic nitrogens is 2. The lowest BCUT2D eigenvalue weighted by atomic mass is 9.47. The quantitative estimate of drug-likeness (QED) is 0.244. The van der Waals surface area contributed by atoms with E-state index in [4.69, 9.17) is 9.72 Å². The lowest BCUT2D eigenvalue weighted by Crippen LogP contribution is -2.64. The van der Waals surface area contributed by atoms with E-state index in [0.29, 0.717) is 54.4 Å². The molecule has 8 rings (SSSR count). The van der Waals surface area contributed by atoms with Crippen LogP contribution in [0.1, 0.15) is 80.3 Å². The van der Waals surface area contributed by atoms with Crippen LogP contribution in [0.3, 0.4) is 0 Å². The molecule has 11 nitrogen and oxygen atoms in total. The van der Waals surface area contributed by atoms with E-state index in [1.54, 1.807) is 19.0 Å². The Balaban J connectivity index is 0.896. The molecule has 0 atom stereocenters. The number of nitrogens with one attached hydrogen (secondary N) is 2. The molecule has 52 heavy (non-hydrogen) atoms. The van der Waals surface area contributed by atoms with E-state index in [1.165, 1.54) is 24.8 Å². The Bertz CT molecular complexity index is 1930. The van der Waals surface area contributed by atoms with Crippen molar-refractivity contribution in [1.29, 1.82) is 0 Å². The number of carbonyl (C=O) groups excluding carboxylic acids is 3. The summed E-state index contributed by atoms with van der Waals surface area (Å²) in [6.07, 6.45) is 7.95. The molecule has 3 heterocycles. The lowest BCUT2D eigenvalue weighted by Gasteiger charge is -2.65. The molecule has 2 N–H and O–H groups in total. The summed E-state index contributed by atoms with van der Waals surface area (Å²) in [6, 6.07) is 23.2. The summed E-state index contributed by atoms with van der Waals surface area (Å²) in [4.78, 5) is 50.0. The molecule has 3 fully saturated rings. The van der Waals surface area contributed by atoms with Crippen LogP contribution in [-0.4, -0.2) is 84.0 Å². The van der Waals surface area contributed by atoms with E-state index in [1.807, 2.05) is 66.9 Å². The summed E-state index contributed by atoms with van der Waals surface area (Å²) >= 11 is 0. The van der Waals surface area contributed by atoms with Gasteiger partial charge >= 0.3 is 0 Å². The third-order valence-corrected chi connectivity index (χ3v) is 11.6. The van der Waals surface area contributed by atoms with Crippen LogP contribution in [0, 0.1) is 5.41 Å². The highest BCUT2D eigenvalue weighted by Crippen LogP contribution is 2.66. The molecule has 1 aromatic heterocycles. The van der Waals surface area contributed by atoms with Crippen LogP contribution in [0.25, 0.3) is 0 Å². The predicted molar refractivity (Wildman–Crippen MR) is 199 cm³/mol. The maximum absolute atomic E-state index is 13.6. The van der Waals surface area contributed by atoms with Gasteiger partial charge in [0.2, 0.25) is 0 Å². The minimum atomic E-state index is -0.188. The number of imidazole rings is 1. The fourth-order valence-corrected chi connectivity index (χ4v) is 8.65. The SMILES string of the molecule is CN(C)C(=O)c1ccc(CN2CCn3c(cnc3C(=O)NCc3ccc(NC(=O)c4ccc(N5CCOCC5)cc4)cc3)C23CC2(CCC2)C3)cc1. The van der Waals surface area contributed by atoms with Gasteiger partial charge in [0.05, 0.1) is 30.6 Å². The van der Waals surface area contributed by atoms with Crippen molar-refractivity contribution in [2.45, 2.75) is 57.3 Å². The average Bonchev–Trinajstić information content (AvgIpc) is 3.58. The minimum Gasteiger partial charge on any atom is -0.378 e. The fraction of sp³-hybridized carbons (Fsp3) is 0.415. The van der Waals surface area contributed by atoms with Crippen LogP contribution >= 0.6 is 0 Å². The molecule has 4 aliphatic rings. The first-order valence-corrected chi connectivity index (χ1v) is 18.4. The highest BCUT2D eigenvalue weighted by atomic mass is 16.5. The maximum atomic E-state index is 13.6. The Morgan fingerprint density at radius 2 is 1.48 bits per heavy atom. The molecular formula is C41H47N7O4. The first-order valence-electron chi connectivity index (χ1n) is 18.4. The van der Waals surface area contributed by atoms with Crippen LogP contribution in [-0.2, 0) is 29.9 Å². The van der Waals surface area contributed by atoms with Gasteiger partial charge in [0.25, 0.3) is 17.7 Å². The topological polar surface area (TPSA) is 112 Å². The van der Waals surface area contributed by atoms with Gasteiger partial charge in [-0.1, -0.05) is 30.7 Å².